The summed E-state index contributed by atoms with van der Waals surface area (Å²) in [5.41, 5.74) is 13.4. The van der Waals surface area contributed by atoms with E-state index in [1.54, 1.807) is 24.5 Å². The third-order valence-electron chi connectivity index (χ3n) is 1.93. The largest absolute Gasteiger partial charge is 0.397 e. The Morgan fingerprint density at radius 2 is 1.25 bits per heavy atom. The fraction of sp³-hybridized carbons (Fsp3) is 0. The van der Waals surface area contributed by atoms with Crippen LogP contribution in [0.5, 0.6) is 0 Å². The molecule has 0 unspecified atom stereocenters. The van der Waals surface area contributed by atoms with Crippen molar-refractivity contribution in [1.82, 2.24) is 9.97 Å². The molecule has 16 heavy (non-hydrogen) atoms. The van der Waals surface area contributed by atoms with E-state index in [1.807, 2.05) is 0 Å². The van der Waals surface area contributed by atoms with Crippen LogP contribution in [0.15, 0.2) is 47.1 Å². The molecule has 4 N–H and O–H groups in total. The number of nitrogens with zero attached hydrogens (tertiary/aromatic N) is 4. The molecule has 0 fully saturated rings. The number of rotatable bonds is 2. The van der Waals surface area contributed by atoms with Crippen LogP contribution in [-0.2, 0) is 0 Å². The van der Waals surface area contributed by atoms with Gasteiger partial charge in [0.25, 0.3) is 0 Å². The quantitative estimate of drug-likeness (QED) is 0.746. The van der Waals surface area contributed by atoms with Crippen molar-refractivity contribution in [2.24, 2.45) is 10.2 Å². The van der Waals surface area contributed by atoms with Crippen LogP contribution in [0.2, 0.25) is 0 Å². The molecular weight excluding hydrogens is 204 g/mol. The molecular formula is C10H10N6. The lowest BCUT2D eigenvalue weighted by Crippen LogP contribution is -1.86. The Morgan fingerprint density at radius 1 is 0.812 bits per heavy atom. The van der Waals surface area contributed by atoms with Gasteiger partial charge in [0.1, 0.15) is 11.4 Å². The van der Waals surface area contributed by atoms with E-state index in [1.165, 1.54) is 12.4 Å². The third-order valence-corrected chi connectivity index (χ3v) is 1.93. The first-order chi connectivity index (χ1) is 7.77. The lowest BCUT2D eigenvalue weighted by atomic mass is 10.3. The van der Waals surface area contributed by atoms with Gasteiger partial charge < -0.3 is 11.5 Å². The Morgan fingerprint density at radius 3 is 1.62 bits per heavy atom. The minimum absolute atomic E-state index is 0.505. The molecule has 6 nitrogen and oxygen atoms in total. The van der Waals surface area contributed by atoms with Gasteiger partial charge in [-0.05, 0) is 12.1 Å². The van der Waals surface area contributed by atoms with Crippen LogP contribution in [-0.4, -0.2) is 9.97 Å². The van der Waals surface area contributed by atoms with Gasteiger partial charge in [-0.25, -0.2) is 0 Å². The van der Waals surface area contributed by atoms with Gasteiger partial charge >= 0.3 is 0 Å². The summed E-state index contributed by atoms with van der Waals surface area (Å²) in [5.74, 6) is 0. The second-order valence-electron chi connectivity index (χ2n) is 3.07. The van der Waals surface area contributed by atoms with Gasteiger partial charge in [-0.15, -0.1) is 10.2 Å². The molecule has 0 saturated carbocycles. The summed E-state index contributed by atoms with van der Waals surface area (Å²) in [6.45, 7) is 0. The van der Waals surface area contributed by atoms with Crippen molar-refractivity contribution < 1.29 is 0 Å². The smallest absolute Gasteiger partial charge is 0.127 e. The summed E-state index contributed by atoms with van der Waals surface area (Å²) in [5, 5.41) is 7.91. The molecule has 0 aliphatic heterocycles. The fourth-order valence-electron chi connectivity index (χ4n) is 1.07. The van der Waals surface area contributed by atoms with Crippen LogP contribution in [0, 0.1) is 0 Å². The molecule has 0 amide bonds. The maximum absolute atomic E-state index is 5.68. The SMILES string of the molecule is Nc1ccncc1N=Nc1cnccc1N. The number of anilines is 2. The molecule has 6 heteroatoms. The van der Waals surface area contributed by atoms with Crippen LogP contribution in [0.3, 0.4) is 0 Å². The number of nitrogens with two attached hydrogens (primary N) is 2. The average molecular weight is 214 g/mol. The first kappa shape index (κ1) is 10.0. The van der Waals surface area contributed by atoms with E-state index >= 15 is 0 Å². The Hall–Kier alpha value is -2.50. The van der Waals surface area contributed by atoms with E-state index in [0.29, 0.717) is 22.7 Å². The molecule has 0 aliphatic rings. The Bertz CT molecular complexity index is 475. The third kappa shape index (κ3) is 2.11. The standard InChI is InChI=1S/C10H10N6/c11-7-1-3-13-5-9(7)15-16-10-6-14-4-2-8(10)12/h1-6H,(H2,11,13)(H2,12,14). The van der Waals surface area contributed by atoms with Gasteiger partial charge in [-0.3, -0.25) is 9.97 Å². The first-order valence-corrected chi connectivity index (χ1v) is 4.58. The highest BCUT2D eigenvalue weighted by Crippen LogP contribution is 2.25. The van der Waals surface area contributed by atoms with Crippen molar-refractivity contribution in [3.8, 4) is 0 Å². The zero-order chi connectivity index (χ0) is 11.4. The summed E-state index contributed by atoms with van der Waals surface area (Å²) in [4.78, 5) is 7.80. The molecule has 80 valence electrons. The zero-order valence-electron chi connectivity index (χ0n) is 8.41. The van der Waals surface area contributed by atoms with Crippen molar-refractivity contribution in [2.45, 2.75) is 0 Å². The molecule has 0 spiro atoms. The highest BCUT2D eigenvalue weighted by molar-refractivity contribution is 5.62. The number of hydrogen-bond acceptors (Lipinski definition) is 6. The first-order valence-electron chi connectivity index (χ1n) is 4.58. The maximum atomic E-state index is 5.68. The van der Waals surface area contributed by atoms with E-state index < -0.39 is 0 Å². The van der Waals surface area contributed by atoms with E-state index in [4.69, 9.17) is 11.5 Å². The van der Waals surface area contributed by atoms with Gasteiger partial charge in [0, 0.05) is 12.4 Å². The van der Waals surface area contributed by atoms with Crippen LogP contribution in [0.4, 0.5) is 22.7 Å². The summed E-state index contributed by atoms with van der Waals surface area (Å²) < 4.78 is 0. The molecule has 0 aromatic carbocycles. The number of nitrogen functional groups attached to an aromatic ring is 2. The van der Waals surface area contributed by atoms with Crippen LogP contribution >= 0.6 is 0 Å². The minimum atomic E-state index is 0.505. The van der Waals surface area contributed by atoms with Crippen molar-refractivity contribution in [3.63, 3.8) is 0 Å². The van der Waals surface area contributed by atoms with Gasteiger partial charge in [-0.2, -0.15) is 0 Å². The van der Waals surface area contributed by atoms with E-state index in [9.17, 15) is 0 Å². The van der Waals surface area contributed by atoms with Crippen LogP contribution in [0.1, 0.15) is 0 Å². The normalized spacial score (nSPS) is 10.8. The van der Waals surface area contributed by atoms with Crippen molar-refractivity contribution in [3.05, 3.63) is 36.9 Å². The monoisotopic (exact) mass is 214 g/mol. The summed E-state index contributed by atoms with van der Waals surface area (Å²) >= 11 is 0. The Labute approximate surface area is 92.1 Å². The van der Waals surface area contributed by atoms with Gasteiger partial charge in [0.05, 0.1) is 23.8 Å². The van der Waals surface area contributed by atoms with Gasteiger partial charge in [-0.1, -0.05) is 0 Å². The van der Waals surface area contributed by atoms with Gasteiger partial charge in [0.15, 0.2) is 0 Å². The highest BCUT2D eigenvalue weighted by Gasteiger charge is 1.98. The second kappa shape index (κ2) is 4.35. The van der Waals surface area contributed by atoms with Crippen LogP contribution < -0.4 is 11.5 Å². The van der Waals surface area contributed by atoms with E-state index in [0.717, 1.165) is 0 Å². The minimum Gasteiger partial charge on any atom is -0.397 e. The highest BCUT2D eigenvalue weighted by atomic mass is 15.1. The van der Waals surface area contributed by atoms with Gasteiger partial charge in [0.2, 0.25) is 0 Å². The molecule has 2 rings (SSSR count). The predicted molar refractivity (Wildman–Crippen MR) is 61.5 cm³/mol. The molecule has 0 atom stereocenters. The van der Waals surface area contributed by atoms with Crippen LogP contribution in [0.25, 0.3) is 0 Å². The molecule has 0 radical (unpaired) electrons. The molecule has 2 heterocycles. The number of aromatic nitrogens is 2. The Balaban J connectivity index is 2.29. The fourth-order valence-corrected chi connectivity index (χ4v) is 1.07. The maximum Gasteiger partial charge on any atom is 0.127 e. The number of hydrogen-bond donors (Lipinski definition) is 2. The Kier molecular flexibility index (Phi) is 2.73. The van der Waals surface area contributed by atoms with Crippen molar-refractivity contribution >= 4 is 22.7 Å². The van der Waals surface area contributed by atoms with Crippen molar-refractivity contribution in [2.75, 3.05) is 11.5 Å². The predicted octanol–water partition coefficient (Wildman–Crippen LogP) is 2.06. The molecule has 0 saturated heterocycles. The molecule has 0 aliphatic carbocycles. The molecule has 2 aromatic rings. The topological polar surface area (TPSA) is 103 Å². The van der Waals surface area contributed by atoms with Crippen molar-refractivity contribution in [1.29, 1.82) is 0 Å². The summed E-state index contributed by atoms with van der Waals surface area (Å²) in [6.07, 6.45) is 6.25. The molecule has 2 aromatic heterocycles. The number of azo groups is 1. The second-order valence-corrected chi connectivity index (χ2v) is 3.07. The lowest BCUT2D eigenvalue weighted by Gasteiger charge is -1.98. The zero-order valence-corrected chi connectivity index (χ0v) is 8.41. The molecule has 0 bridgehead atoms. The lowest BCUT2D eigenvalue weighted by molar-refractivity contribution is 1.18. The van der Waals surface area contributed by atoms with E-state index in [2.05, 4.69) is 20.2 Å². The number of pyridine rings is 2. The van der Waals surface area contributed by atoms with E-state index in [-0.39, 0.29) is 0 Å². The average Bonchev–Trinajstić information content (AvgIpc) is 2.30. The summed E-state index contributed by atoms with van der Waals surface area (Å²) in [7, 11) is 0. The summed E-state index contributed by atoms with van der Waals surface area (Å²) in [6, 6.07) is 3.31.